The van der Waals surface area contributed by atoms with Gasteiger partial charge in [0.2, 0.25) is 5.82 Å². The highest BCUT2D eigenvalue weighted by Crippen LogP contribution is 2.31. The maximum atomic E-state index is 13.7. The summed E-state index contributed by atoms with van der Waals surface area (Å²) in [6.07, 6.45) is 0.763. The fraction of sp³-hybridized carbons (Fsp3) is 0.312. The minimum Gasteiger partial charge on any atom is -0.487 e. The molecular weight excluding hydrogens is 356 g/mol. The molecule has 0 saturated carbocycles. The Labute approximate surface area is 147 Å². The largest absolute Gasteiger partial charge is 0.487 e. The molecule has 1 aliphatic rings. The van der Waals surface area contributed by atoms with Crippen molar-refractivity contribution in [1.82, 2.24) is 4.98 Å². The Balaban J connectivity index is 1.68. The Morgan fingerprint density at radius 3 is 2.60 bits per heavy atom. The van der Waals surface area contributed by atoms with Gasteiger partial charge in [-0.2, -0.15) is 0 Å². The number of anilines is 1. The third-order valence-electron chi connectivity index (χ3n) is 3.95. The van der Waals surface area contributed by atoms with E-state index in [4.69, 9.17) is 16.3 Å². The second-order valence-corrected chi connectivity index (χ2v) is 6.00. The number of halogens is 3. The molecule has 0 spiro atoms. The molecule has 2 heterocycles. The summed E-state index contributed by atoms with van der Waals surface area (Å²) in [5.74, 6) is -1.22. The number of hydrogen-bond acceptors (Lipinski definition) is 5. The zero-order valence-corrected chi connectivity index (χ0v) is 13.7. The highest BCUT2D eigenvalue weighted by atomic mass is 35.5. The average Bonchev–Trinajstić information content (AvgIpc) is 2.58. The standard InChI is InChI=1S/C16H14ClF2N3O3/c17-15-4-2-13(22(23)24)16(20-15)21-7-5-11(6-8-21)25-14-3-1-10(18)9-12(14)19/h1-4,9,11H,5-8H2. The van der Waals surface area contributed by atoms with Gasteiger partial charge < -0.3 is 9.64 Å². The van der Waals surface area contributed by atoms with Crippen molar-refractivity contribution in [3.8, 4) is 5.75 Å². The van der Waals surface area contributed by atoms with Gasteiger partial charge in [-0.1, -0.05) is 11.6 Å². The van der Waals surface area contributed by atoms with Crippen molar-refractivity contribution in [3.05, 3.63) is 57.2 Å². The van der Waals surface area contributed by atoms with Crippen molar-refractivity contribution in [1.29, 1.82) is 0 Å². The minimum absolute atomic E-state index is 0.00767. The lowest BCUT2D eigenvalue weighted by Crippen LogP contribution is -2.39. The summed E-state index contributed by atoms with van der Waals surface area (Å²) < 4.78 is 32.2. The van der Waals surface area contributed by atoms with Crippen molar-refractivity contribution in [2.24, 2.45) is 0 Å². The Morgan fingerprint density at radius 2 is 1.96 bits per heavy atom. The Kier molecular flexibility index (Phi) is 4.98. The third-order valence-corrected chi connectivity index (χ3v) is 4.16. The van der Waals surface area contributed by atoms with Crippen molar-refractivity contribution in [3.63, 3.8) is 0 Å². The number of hydrogen-bond donors (Lipinski definition) is 0. The van der Waals surface area contributed by atoms with Crippen molar-refractivity contribution in [2.45, 2.75) is 18.9 Å². The lowest BCUT2D eigenvalue weighted by Gasteiger charge is -2.32. The van der Waals surface area contributed by atoms with Gasteiger partial charge in [-0.05, 0) is 18.2 Å². The highest BCUT2D eigenvalue weighted by Gasteiger charge is 2.27. The molecule has 6 nitrogen and oxygen atoms in total. The molecule has 9 heteroatoms. The number of nitro groups is 1. The van der Waals surface area contributed by atoms with Crippen LogP contribution in [0.3, 0.4) is 0 Å². The first-order valence-electron chi connectivity index (χ1n) is 7.61. The Bertz CT molecular complexity index is 798. The molecule has 2 aromatic rings. The highest BCUT2D eigenvalue weighted by molar-refractivity contribution is 6.29. The van der Waals surface area contributed by atoms with Crippen molar-refractivity contribution in [2.75, 3.05) is 18.0 Å². The van der Waals surface area contributed by atoms with Crippen molar-refractivity contribution < 1.29 is 18.4 Å². The molecule has 1 aromatic carbocycles. The Hall–Kier alpha value is -2.48. The van der Waals surface area contributed by atoms with E-state index in [0.717, 1.165) is 12.1 Å². The molecular formula is C16H14ClF2N3O3. The smallest absolute Gasteiger partial charge is 0.311 e. The second-order valence-electron chi connectivity index (χ2n) is 5.61. The van der Waals surface area contributed by atoms with E-state index in [1.165, 1.54) is 18.2 Å². The molecule has 3 rings (SSSR count). The van der Waals surface area contributed by atoms with Gasteiger partial charge in [0, 0.05) is 38.1 Å². The van der Waals surface area contributed by atoms with Crippen LogP contribution in [0, 0.1) is 21.7 Å². The zero-order chi connectivity index (χ0) is 18.0. The number of rotatable bonds is 4. The van der Waals surface area contributed by atoms with E-state index in [1.807, 2.05) is 0 Å². The summed E-state index contributed by atoms with van der Waals surface area (Å²) in [6, 6.07) is 5.84. The van der Waals surface area contributed by atoms with Gasteiger partial charge >= 0.3 is 5.69 Å². The fourth-order valence-electron chi connectivity index (χ4n) is 2.73. The summed E-state index contributed by atoms with van der Waals surface area (Å²) in [5, 5.41) is 11.3. The van der Waals surface area contributed by atoms with Gasteiger partial charge in [-0.3, -0.25) is 10.1 Å². The first-order chi connectivity index (χ1) is 11.9. The molecule has 0 radical (unpaired) electrons. The number of aromatic nitrogens is 1. The minimum atomic E-state index is -0.755. The van der Waals surface area contributed by atoms with Crippen LogP contribution < -0.4 is 9.64 Å². The summed E-state index contributed by atoms with van der Waals surface area (Å²) in [6.45, 7) is 0.892. The van der Waals surface area contributed by atoms with Crippen LogP contribution in [0.1, 0.15) is 12.8 Å². The zero-order valence-electron chi connectivity index (χ0n) is 13.0. The van der Waals surface area contributed by atoms with Gasteiger partial charge in [0.05, 0.1) is 4.92 Å². The van der Waals surface area contributed by atoms with E-state index in [1.54, 1.807) is 4.90 Å². The van der Waals surface area contributed by atoms with Crippen molar-refractivity contribution >= 4 is 23.1 Å². The molecule has 0 atom stereocenters. The van der Waals surface area contributed by atoms with E-state index in [0.29, 0.717) is 25.9 Å². The topological polar surface area (TPSA) is 68.5 Å². The molecule has 25 heavy (non-hydrogen) atoms. The molecule has 1 saturated heterocycles. The quantitative estimate of drug-likeness (QED) is 0.463. The summed E-state index contributed by atoms with van der Waals surface area (Å²) >= 11 is 5.85. The van der Waals surface area contributed by atoms with E-state index in [2.05, 4.69) is 4.98 Å². The SMILES string of the molecule is O=[N+]([O-])c1ccc(Cl)nc1N1CCC(Oc2ccc(F)cc2F)CC1. The van der Waals surface area contributed by atoms with Crippen LogP contribution >= 0.6 is 11.6 Å². The van der Waals surface area contributed by atoms with Crippen LogP contribution in [-0.2, 0) is 0 Å². The maximum Gasteiger partial charge on any atom is 0.311 e. The normalized spacial score (nSPS) is 15.2. The third kappa shape index (κ3) is 3.96. The van der Waals surface area contributed by atoms with E-state index in [9.17, 15) is 18.9 Å². The molecule has 0 aliphatic carbocycles. The molecule has 0 bridgehead atoms. The summed E-state index contributed by atoms with van der Waals surface area (Å²) in [7, 11) is 0. The number of pyridine rings is 1. The van der Waals surface area contributed by atoms with E-state index in [-0.39, 0.29) is 28.5 Å². The van der Waals surface area contributed by atoms with Gasteiger partial charge in [0.15, 0.2) is 11.6 Å². The molecule has 0 unspecified atom stereocenters. The predicted molar refractivity (Wildman–Crippen MR) is 88.1 cm³/mol. The monoisotopic (exact) mass is 369 g/mol. The van der Waals surface area contributed by atoms with Gasteiger partial charge in [-0.15, -0.1) is 0 Å². The van der Waals surface area contributed by atoms with Gasteiger partial charge in [0.1, 0.15) is 17.1 Å². The molecule has 132 valence electrons. The number of nitrogens with zero attached hydrogens (tertiary/aromatic N) is 3. The molecule has 1 aliphatic heterocycles. The summed E-state index contributed by atoms with van der Waals surface area (Å²) in [5.41, 5.74) is -0.117. The van der Waals surface area contributed by atoms with Gasteiger partial charge in [0.25, 0.3) is 0 Å². The first kappa shape index (κ1) is 17.3. The van der Waals surface area contributed by atoms with Crippen LogP contribution in [0.2, 0.25) is 5.15 Å². The molecule has 0 amide bonds. The molecule has 1 aromatic heterocycles. The number of piperidine rings is 1. The van der Waals surface area contributed by atoms with Crippen LogP contribution in [0.25, 0.3) is 0 Å². The average molecular weight is 370 g/mol. The van der Waals surface area contributed by atoms with Crippen LogP contribution in [0.15, 0.2) is 30.3 Å². The molecule has 0 N–H and O–H groups in total. The van der Waals surface area contributed by atoms with E-state index < -0.39 is 16.6 Å². The number of ether oxygens (including phenoxy) is 1. The maximum absolute atomic E-state index is 13.7. The second kappa shape index (κ2) is 7.18. The summed E-state index contributed by atoms with van der Waals surface area (Å²) in [4.78, 5) is 16.5. The Morgan fingerprint density at radius 1 is 1.24 bits per heavy atom. The van der Waals surface area contributed by atoms with Crippen LogP contribution in [0.4, 0.5) is 20.3 Å². The molecule has 1 fully saturated rings. The lowest BCUT2D eigenvalue weighted by atomic mass is 10.1. The van der Waals surface area contributed by atoms with Crippen LogP contribution in [0.5, 0.6) is 5.75 Å². The van der Waals surface area contributed by atoms with Crippen LogP contribution in [-0.4, -0.2) is 29.1 Å². The van der Waals surface area contributed by atoms with Gasteiger partial charge in [-0.25, -0.2) is 13.8 Å². The first-order valence-corrected chi connectivity index (χ1v) is 7.99. The number of benzene rings is 1. The lowest BCUT2D eigenvalue weighted by molar-refractivity contribution is -0.384. The fourth-order valence-corrected chi connectivity index (χ4v) is 2.87. The van der Waals surface area contributed by atoms with E-state index >= 15 is 0 Å². The predicted octanol–water partition coefficient (Wildman–Crippen LogP) is 3.97.